The molecule has 2 heterocycles. The van der Waals surface area contributed by atoms with E-state index < -0.39 is 50.1 Å². The predicted molar refractivity (Wildman–Crippen MR) is 98.7 cm³/mol. The third-order valence-electron chi connectivity index (χ3n) is 5.59. The minimum absolute atomic E-state index is 0.111. The minimum Gasteiger partial charge on any atom is -0.414 e. The van der Waals surface area contributed by atoms with Crippen LogP contribution in [0.5, 0.6) is 0 Å². The van der Waals surface area contributed by atoms with Crippen molar-refractivity contribution in [3.63, 3.8) is 0 Å². The van der Waals surface area contributed by atoms with E-state index in [1.165, 1.54) is 6.92 Å². The number of H-pyrrole nitrogens is 1. The van der Waals surface area contributed by atoms with Crippen molar-refractivity contribution in [3.8, 4) is 0 Å². The van der Waals surface area contributed by atoms with Crippen LogP contribution >= 0.6 is 0 Å². The summed E-state index contributed by atoms with van der Waals surface area (Å²) in [7, 11) is -2.36. The van der Waals surface area contributed by atoms with Crippen LogP contribution < -0.4 is 11.2 Å². The molecule has 0 unspecified atom stereocenters. The molecule has 2 N–H and O–H groups in total. The number of aromatic nitrogens is 2. The third-order valence-corrected chi connectivity index (χ3v) is 10.1. The summed E-state index contributed by atoms with van der Waals surface area (Å²) in [6.07, 6.45) is -8.75. The largest absolute Gasteiger partial charge is 0.414 e. The Hall–Kier alpha value is -1.43. The number of aliphatic hydroxyl groups is 1. The quantitative estimate of drug-likeness (QED) is 0.724. The SMILES string of the molecule is Cc1cn([C@@H]2O[C@H](CO[Si](C)(C)C(C)(C)C)[C@@H](C(F)(F)F)[C@H]2O)c(=O)[nH]c1=O. The van der Waals surface area contributed by atoms with Crippen LogP contribution in [-0.2, 0) is 9.16 Å². The molecule has 0 amide bonds. The molecule has 0 aromatic carbocycles. The highest BCUT2D eigenvalue weighted by Crippen LogP contribution is 2.44. The molecule has 0 aliphatic carbocycles. The molecule has 11 heteroatoms. The van der Waals surface area contributed by atoms with Crippen molar-refractivity contribution in [2.45, 2.75) is 70.4 Å². The number of nitrogens with zero attached hydrogens (tertiary/aromatic N) is 1. The Bertz CT molecular complexity index is 828. The number of aliphatic hydroxyl groups excluding tert-OH is 1. The van der Waals surface area contributed by atoms with Crippen molar-refractivity contribution in [1.82, 2.24) is 9.55 Å². The van der Waals surface area contributed by atoms with Crippen molar-refractivity contribution < 1.29 is 27.4 Å². The van der Waals surface area contributed by atoms with Gasteiger partial charge in [-0.2, -0.15) is 13.2 Å². The van der Waals surface area contributed by atoms with Gasteiger partial charge in [-0.25, -0.2) is 4.79 Å². The lowest BCUT2D eigenvalue weighted by atomic mass is 9.97. The van der Waals surface area contributed by atoms with E-state index in [1.54, 1.807) is 0 Å². The van der Waals surface area contributed by atoms with Gasteiger partial charge in [0.1, 0.15) is 12.0 Å². The Morgan fingerprint density at radius 3 is 2.36 bits per heavy atom. The first-order valence-corrected chi connectivity index (χ1v) is 11.8. The molecule has 2 rings (SSSR count). The average Bonchev–Trinajstić information content (AvgIpc) is 2.84. The lowest BCUT2D eigenvalue weighted by Gasteiger charge is -2.37. The molecule has 0 spiro atoms. The van der Waals surface area contributed by atoms with Gasteiger partial charge in [0.15, 0.2) is 14.5 Å². The molecule has 0 saturated carbocycles. The van der Waals surface area contributed by atoms with E-state index in [9.17, 15) is 27.9 Å². The van der Waals surface area contributed by atoms with Crippen LogP contribution in [0.15, 0.2) is 15.8 Å². The van der Waals surface area contributed by atoms with E-state index in [0.717, 1.165) is 10.8 Å². The number of hydrogen-bond donors (Lipinski definition) is 2. The van der Waals surface area contributed by atoms with Crippen molar-refractivity contribution in [3.05, 3.63) is 32.6 Å². The first-order chi connectivity index (χ1) is 12.6. The first kappa shape index (κ1) is 22.9. The highest BCUT2D eigenvalue weighted by atomic mass is 28.4. The fraction of sp³-hybridized carbons (Fsp3) is 0.765. The van der Waals surface area contributed by atoms with Crippen molar-refractivity contribution >= 4 is 8.32 Å². The highest BCUT2D eigenvalue weighted by molar-refractivity contribution is 6.74. The Morgan fingerprint density at radius 2 is 1.86 bits per heavy atom. The molecule has 28 heavy (non-hydrogen) atoms. The lowest BCUT2D eigenvalue weighted by Crippen LogP contribution is -2.46. The maximum atomic E-state index is 13.6. The monoisotopic (exact) mass is 424 g/mol. The summed E-state index contributed by atoms with van der Waals surface area (Å²) >= 11 is 0. The molecule has 1 aromatic rings. The van der Waals surface area contributed by atoms with E-state index in [1.807, 2.05) is 38.8 Å². The molecule has 4 atom stereocenters. The second kappa shape index (κ2) is 7.43. The Morgan fingerprint density at radius 1 is 1.29 bits per heavy atom. The fourth-order valence-corrected chi connectivity index (χ4v) is 3.82. The Balaban J connectivity index is 2.35. The maximum Gasteiger partial charge on any atom is 0.397 e. The molecule has 1 aliphatic heterocycles. The van der Waals surface area contributed by atoms with Gasteiger partial charge in [-0.05, 0) is 25.1 Å². The molecule has 1 saturated heterocycles. The summed E-state index contributed by atoms with van der Waals surface area (Å²) in [5.74, 6) is -2.22. The van der Waals surface area contributed by atoms with Crippen LogP contribution in [0.3, 0.4) is 0 Å². The van der Waals surface area contributed by atoms with Gasteiger partial charge < -0.3 is 14.3 Å². The van der Waals surface area contributed by atoms with Gasteiger partial charge in [-0.3, -0.25) is 14.3 Å². The smallest absolute Gasteiger partial charge is 0.397 e. The van der Waals surface area contributed by atoms with Gasteiger partial charge in [0.2, 0.25) is 0 Å². The zero-order chi connectivity index (χ0) is 21.7. The van der Waals surface area contributed by atoms with Gasteiger partial charge in [-0.1, -0.05) is 20.8 Å². The average molecular weight is 424 g/mol. The Kier molecular flexibility index (Phi) is 6.07. The normalized spacial score (nSPS) is 26.6. The second-order valence-electron chi connectivity index (χ2n) is 8.67. The number of aromatic amines is 1. The first-order valence-electron chi connectivity index (χ1n) is 8.92. The van der Waals surface area contributed by atoms with Crippen molar-refractivity contribution in [1.29, 1.82) is 0 Å². The minimum atomic E-state index is -4.75. The van der Waals surface area contributed by atoms with Gasteiger partial charge >= 0.3 is 11.9 Å². The summed E-state index contributed by atoms with van der Waals surface area (Å²) in [5.41, 5.74) is -1.50. The molecule has 1 aliphatic rings. The Labute approximate surface area is 161 Å². The van der Waals surface area contributed by atoms with Crippen LogP contribution in [0.25, 0.3) is 0 Å². The standard InChI is InChI=1S/C17H27F3N2O5Si/c1-9-7-22(15(25)21-13(9)24)14-12(23)11(17(18,19)20)10(27-14)8-26-28(5,6)16(2,3)4/h7,10-12,14,23H,8H2,1-6H3,(H,21,24,25)/t10-,11-,12-,14-/m1/s1. The van der Waals surface area contributed by atoms with Gasteiger partial charge in [-0.15, -0.1) is 0 Å². The van der Waals surface area contributed by atoms with E-state index >= 15 is 0 Å². The number of rotatable bonds is 4. The van der Waals surface area contributed by atoms with Crippen LogP contribution in [0, 0.1) is 12.8 Å². The number of alkyl halides is 3. The molecule has 0 radical (unpaired) electrons. The van der Waals surface area contributed by atoms with Gasteiger partial charge in [0.05, 0.1) is 12.7 Å². The van der Waals surface area contributed by atoms with Gasteiger partial charge in [0, 0.05) is 11.8 Å². The second-order valence-corrected chi connectivity index (χ2v) is 13.5. The predicted octanol–water partition coefficient (Wildman–Crippen LogP) is 2.30. The molecule has 160 valence electrons. The zero-order valence-electron chi connectivity index (χ0n) is 16.8. The number of halogens is 3. The fourth-order valence-electron chi connectivity index (χ4n) is 2.80. The van der Waals surface area contributed by atoms with E-state index in [-0.39, 0.29) is 17.2 Å². The van der Waals surface area contributed by atoms with E-state index in [2.05, 4.69) is 0 Å². The van der Waals surface area contributed by atoms with Crippen molar-refractivity contribution in [2.75, 3.05) is 6.61 Å². The van der Waals surface area contributed by atoms with Crippen LogP contribution in [0.2, 0.25) is 18.1 Å². The summed E-state index contributed by atoms with van der Waals surface area (Å²) in [5, 5.41) is 10.1. The zero-order valence-corrected chi connectivity index (χ0v) is 17.8. The molecular formula is C17H27F3N2O5Si. The summed E-state index contributed by atoms with van der Waals surface area (Å²) in [6, 6.07) is 0. The van der Waals surface area contributed by atoms with E-state index in [4.69, 9.17) is 9.16 Å². The van der Waals surface area contributed by atoms with Crippen LogP contribution in [0.4, 0.5) is 13.2 Å². The van der Waals surface area contributed by atoms with E-state index in [0.29, 0.717) is 0 Å². The summed E-state index contributed by atoms with van der Waals surface area (Å²) < 4.78 is 53.0. The maximum absolute atomic E-state index is 13.6. The van der Waals surface area contributed by atoms with Gasteiger partial charge in [0.25, 0.3) is 5.56 Å². The topological polar surface area (TPSA) is 93.6 Å². The van der Waals surface area contributed by atoms with Crippen LogP contribution in [-0.4, -0.2) is 48.0 Å². The number of nitrogens with one attached hydrogen (secondary N) is 1. The third kappa shape index (κ3) is 4.42. The highest BCUT2D eigenvalue weighted by Gasteiger charge is 2.58. The number of aryl methyl sites for hydroxylation is 1. The summed E-state index contributed by atoms with van der Waals surface area (Å²) in [6.45, 7) is 10.7. The lowest BCUT2D eigenvalue weighted by molar-refractivity contribution is -0.204. The molecule has 7 nitrogen and oxygen atoms in total. The van der Waals surface area contributed by atoms with Crippen LogP contribution in [0.1, 0.15) is 32.6 Å². The summed E-state index contributed by atoms with van der Waals surface area (Å²) in [4.78, 5) is 25.6. The molecule has 0 bridgehead atoms. The number of ether oxygens (including phenoxy) is 1. The molecule has 1 fully saturated rings. The number of hydrogen-bond acceptors (Lipinski definition) is 5. The molecular weight excluding hydrogens is 397 g/mol. The van der Waals surface area contributed by atoms with Crippen molar-refractivity contribution in [2.24, 2.45) is 5.92 Å². The molecule has 1 aromatic heterocycles.